The predicted molar refractivity (Wildman–Crippen MR) is 237 cm³/mol. The molecule has 58 heavy (non-hydrogen) atoms. The Balaban J connectivity index is 1.14. The van der Waals surface area contributed by atoms with Crippen molar-refractivity contribution in [3.05, 3.63) is 174 Å². The molecule has 11 aromatic rings. The van der Waals surface area contributed by atoms with Gasteiger partial charge < -0.3 is 4.42 Å². The summed E-state index contributed by atoms with van der Waals surface area (Å²) < 4.78 is 11.1. The Hall–Kier alpha value is -7.48. The normalized spacial score (nSPS) is 12.2. The van der Waals surface area contributed by atoms with E-state index in [1.54, 1.807) is 11.8 Å². The van der Waals surface area contributed by atoms with Crippen molar-refractivity contribution in [3.8, 4) is 56.7 Å². The van der Waals surface area contributed by atoms with Crippen molar-refractivity contribution in [2.45, 2.75) is 9.79 Å². The van der Waals surface area contributed by atoms with Gasteiger partial charge in [-0.25, -0.2) is 15.0 Å². The molecule has 7 aromatic carbocycles. The van der Waals surface area contributed by atoms with Crippen LogP contribution in [0.25, 0.3) is 114 Å². The lowest BCUT2D eigenvalue weighted by Gasteiger charge is -2.23. The summed E-state index contributed by atoms with van der Waals surface area (Å²) in [5.41, 5.74) is 11.6. The van der Waals surface area contributed by atoms with Crippen LogP contribution in [-0.2, 0) is 0 Å². The summed E-state index contributed by atoms with van der Waals surface area (Å²) >= 11 is 1.77. The quantitative estimate of drug-likeness (QED) is 0.175. The van der Waals surface area contributed by atoms with Crippen molar-refractivity contribution in [1.82, 2.24) is 24.1 Å². The summed E-state index contributed by atoms with van der Waals surface area (Å²) in [7, 11) is 0. The van der Waals surface area contributed by atoms with Crippen LogP contribution < -0.4 is 10.6 Å². The molecule has 0 amide bonds. The first-order chi connectivity index (χ1) is 28.6. The molecular formula is C51H31N5OS. The lowest BCUT2D eigenvalue weighted by molar-refractivity contribution is 0.578. The van der Waals surface area contributed by atoms with Gasteiger partial charge in [-0.3, -0.25) is 9.13 Å². The molecule has 1 aliphatic rings. The highest BCUT2D eigenvalue weighted by Gasteiger charge is 2.30. The Labute approximate surface area is 336 Å². The molecule has 0 spiro atoms. The molecule has 7 heteroatoms. The van der Waals surface area contributed by atoms with Crippen LogP contribution >= 0.6 is 11.8 Å². The van der Waals surface area contributed by atoms with Gasteiger partial charge in [0.05, 0.1) is 22.3 Å². The van der Waals surface area contributed by atoms with Crippen LogP contribution in [0.1, 0.15) is 0 Å². The predicted octanol–water partition coefficient (Wildman–Crippen LogP) is 11.6. The Morgan fingerprint density at radius 2 is 1.16 bits per heavy atom. The molecule has 4 aromatic heterocycles. The fourth-order valence-electron chi connectivity index (χ4n) is 8.62. The first kappa shape index (κ1) is 32.7. The van der Waals surface area contributed by atoms with Crippen LogP contribution in [0.2, 0.25) is 0 Å². The van der Waals surface area contributed by atoms with Gasteiger partial charge in [0.25, 0.3) is 0 Å². The van der Waals surface area contributed by atoms with Crippen LogP contribution in [0.15, 0.2) is 178 Å². The molecule has 0 saturated carbocycles. The third kappa shape index (κ3) is 4.77. The van der Waals surface area contributed by atoms with E-state index in [1.165, 1.54) is 26.6 Å². The molecule has 0 bridgehead atoms. The second kappa shape index (κ2) is 12.5. The number of aromatic nitrogens is 5. The fourth-order valence-corrected chi connectivity index (χ4v) is 9.82. The highest BCUT2D eigenvalue weighted by molar-refractivity contribution is 8.00. The molecule has 5 heterocycles. The van der Waals surface area contributed by atoms with E-state index < -0.39 is 0 Å². The molecule has 0 atom stereocenters. The summed E-state index contributed by atoms with van der Waals surface area (Å²) in [5.74, 6) is 1.66. The van der Waals surface area contributed by atoms with Gasteiger partial charge in [-0.1, -0.05) is 140 Å². The highest BCUT2D eigenvalue weighted by Crippen LogP contribution is 2.51. The van der Waals surface area contributed by atoms with Gasteiger partial charge in [-0.05, 0) is 59.7 Å². The van der Waals surface area contributed by atoms with Crippen molar-refractivity contribution in [2.24, 2.45) is 0 Å². The Bertz CT molecular complexity index is 3590. The maximum atomic E-state index is 6.24. The minimum absolute atomic E-state index is 0.512. The van der Waals surface area contributed by atoms with Crippen molar-refractivity contribution < 1.29 is 4.42 Å². The van der Waals surface area contributed by atoms with E-state index >= 15 is 0 Å². The number of nitrogens with zero attached hydrogens (tertiary/aromatic N) is 5. The van der Waals surface area contributed by atoms with E-state index in [-0.39, 0.29) is 0 Å². The second-order valence-corrected chi connectivity index (χ2v) is 15.6. The van der Waals surface area contributed by atoms with Gasteiger partial charge in [0.2, 0.25) is 0 Å². The number of para-hydroxylation sites is 4. The number of benzene rings is 7. The van der Waals surface area contributed by atoms with E-state index in [1.807, 2.05) is 24.3 Å². The highest BCUT2D eigenvalue weighted by atomic mass is 32.2. The van der Waals surface area contributed by atoms with Gasteiger partial charge in [-0.15, -0.1) is 0 Å². The summed E-state index contributed by atoms with van der Waals surface area (Å²) in [4.78, 5) is 18.0. The van der Waals surface area contributed by atoms with Crippen LogP contribution in [0.3, 0.4) is 0 Å². The van der Waals surface area contributed by atoms with Gasteiger partial charge >= 0.3 is 0 Å². The standard InChI is InChI=1S/C51H31N5OS/c1-30-31(2)57-46-36(30)22-12-24-39(46)49-52-48(34-18-11-17-33(29-34)32-15-5-3-6-16-32)53-50(54-49)40-25-13-27-42-47(40)58-43-28-14-23-38-44-37-21-9-10-26-41(37)55(35-19-7-4-8-20-35)51(44)56(42)45(38)43/h3-29H,1-2H2. The molecule has 1 aliphatic heterocycles. The maximum Gasteiger partial charge on any atom is 0.167 e. The summed E-state index contributed by atoms with van der Waals surface area (Å²) in [5, 5.41) is 5.33. The topological polar surface area (TPSA) is 61.7 Å². The number of rotatable bonds is 5. The van der Waals surface area contributed by atoms with E-state index in [0.717, 1.165) is 65.9 Å². The molecule has 0 radical (unpaired) electrons. The first-order valence-corrected chi connectivity index (χ1v) is 20.0. The van der Waals surface area contributed by atoms with Crippen LogP contribution in [0.5, 0.6) is 0 Å². The maximum absolute atomic E-state index is 6.24. The number of hydrogen-bond acceptors (Lipinski definition) is 5. The second-order valence-electron chi connectivity index (χ2n) is 14.6. The molecule has 0 N–H and O–H groups in total. The SMILES string of the molecule is C=c1oc2c(-c3nc(-c4cccc(-c5ccccc5)c4)nc(-c4cccc5c4Sc4cccc6c7c8ccccc8n(-c8ccccc8)c7n-5c46)n3)cccc2c1=C. The Morgan fingerprint density at radius 1 is 0.517 bits per heavy atom. The van der Waals surface area contributed by atoms with E-state index in [2.05, 4.69) is 162 Å². The first-order valence-electron chi connectivity index (χ1n) is 19.2. The van der Waals surface area contributed by atoms with Gasteiger partial charge in [0.15, 0.2) is 17.5 Å². The average molecular weight is 762 g/mol. The minimum atomic E-state index is 0.512. The van der Waals surface area contributed by atoms with Gasteiger partial charge in [-0.2, -0.15) is 0 Å². The smallest absolute Gasteiger partial charge is 0.167 e. The third-order valence-electron chi connectivity index (χ3n) is 11.3. The lowest BCUT2D eigenvalue weighted by Crippen LogP contribution is -2.15. The fraction of sp³-hybridized carbons (Fsp3) is 0. The monoisotopic (exact) mass is 761 g/mol. The van der Waals surface area contributed by atoms with Crippen molar-refractivity contribution >= 4 is 68.7 Å². The van der Waals surface area contributed by atoms with Crippen LogP contribution in [0, 0.1) is 0 Å². The molecule has 0 unspecified atom stereocenters. The Morgan fingerprint density at radius 3 is 2.02 bits per heavy atom. The summed E-state index contributed by atoms with van der Waals surface area (Å²) in [6, 6.07) is 57.2. The van der Waals surface area contributed by atoms with Gasteiger partial charge in [0, 0.05) is 53.4 Å². The van der Waals surface area contributed by atoms with Crippen LogP contribution in [-0.4, -0.2) is 24.1 Å². The van der Waals surface area contributed by atoms with Crippen molar-refractivity contribution in [1.29, 1.82) is 0 Å². The minimum Gasteiger partial charge on any atom is -0.456 e. The largest absolute Gasteiger partial charge is 0.456 e. The molecular weight excluding hydrogens is 731 g/mol. The van der Waals surface area contributed by atoms with E-state index in [9.17, 15) is 0 Å². The van der Waals surface area contributed by atoms with Crippen molar-refractivity contribution in [3.63, 3.8) is 0 Å². The van der Waals surface area contributed by atoms with Crippen LogP contribution in [0.4, 0.5) is 0 Å². The Kier molecular flexibility index (Phi) is 7.06. The zero-order valence-electron chi connectivity index (χ0n) is 31.1. The summed E-state index contributed by atoms with van der Waals surface area (Å²) in [6.45, 7) is 8.35. The lowest BCUT2D eigenvalue weighted by atomic mass is 10.0. The number of hydrogen-bond donors (Lipinski definition) is 0. The number of furan rings is 1. The molecule has 0 aliphatic carbocycles. The summed E-state index contributed by atoms with van der Waals surface area (Å²) in [6.07, 6.45) is 0. The van der Waals surface area contributed by atoms with Gasteiger partial charge in [0.1, 0.15) is 16.6 Å². The van der Waals surface area contributed by atoms with E-state index in [4.69, 9.17) is 19.4 Å². The zero-order chi connectivity index (χ0) is 38.5. The third-order valence-corrected chi connectivity index (χ3v) is 12.4. The molecule has 0 saturated heterocycles. The molecule has 0 fully saturated rings. The molecule has 12 rings (SSSR count). The zero-order valence-corrected chi connectivity index (χ0v) is 31.9. The van der Waals surface area contributed by atoms with Crippen molar-refractivity contribution in [2.75, 3.05) is 0 Å². The average Bonchev–Trinajstić information content (AvgIpc) is 3.91. The van der Waals surface area contributed by atoms with E-state index in [0.29, 0.717) is 28.5 Å². The number of fused-ring (bicyclic) bond motifs is 8. The molecule has 6 nitrogen and oxygen atoms in total. The molecule has 272 valence electrons.